The molecule has 0 saturated heterocycles. The van der Waals surface area contributed by atoms with Gasteiger partial charge in [-0.05, 0) is 38.5 Å². The van der Waals surface area contributed by atoms with E-state index in [1.807, 2.05) is 0 Å². The van der Waals surface area contributed by atoms with Crippen molar-refractivity contribution in [1.29, 1.82) is 0 Å². The van der Waals surface area contributed by atoms with Gasteiger partial charge >= 0.3 is 24.2 Å². The van der Waals surface area contributed by atoms with Crippen LogP contribution in [0.5, 0.6) is 0 Å². The SMILES string of the molecule is [C-]#[N+]CCCCC(OCCCCCCC(F)(F)C(F)(F)F)OCCCCCCC(F)(F)C(F)(F)F. The molecular formula is C22H33F10NO2. The molecule has 0 fully saturated rings. The smallest absolute Gasteiger partial charge is 0.353 e. The van der Waals surface area contributed by atoms with Crippen molar-refractivity contribution in [2.45, 2.75) is 114 Å². The summed E-state index contributed by atoms with van der Waals surface area (Å²) in [5.41, 5.74) is 0. The molecule has 0 aromatic carbocycles. The van der Waals surface area contributed by atoms with Crippen molar-refractivity contribution in [1.82, 2.24) is 0 Å². The Morgan fingerprint density at radius 3 is 1.31 bits per heavy atom. The van der Waals surface area contributed by atoms with E-state index in [0.29, 0.717) is 51.5 Å². The molecule has 13 heteroatoms. The molecular weight excluding hydrogens is 500 g/mol. The maximum Gasteiger partial charge on any atom is 0.453 e. The molecule has 0 rings (SSSR count). The van der Waals surface area contributed by atoms with Gasteiger partial charge in [0.2, 0.25) is 6.54 Å². The van der Waals surface area contributed by atoms with Gasteiger partial charge in [0, 0.05) is 32.5 Å². The van der Waals surface area contributed by atoms with Gasteiger partial charge in [0.1, 0.15) is 0 Å². The highest BCUT2D eigenvalue weighted by molar-refractivity contribution is 4.76. The molecule has 0 aliphatic rings. The normalized spacial score (nSPS) is 13.4. The highest BCUT2D eigenvalue weighted by atomic mass is 19.4. The van der Waals surface area contributed by atoms with Crippen molar-refractivity contribution >= 4 is 0 Å². The van der Waals surface area contributed by atoms with Crippen LogP contribution in [-0.4, -0.2) is 50.2 Å². The van der Waals surface area contributed by atoms with Gasteiger partial charge in [-0.15, -0.1) is 0 Å². The second kappa shape index (κ2) is 16.5. The summed E-state index contributed by atoms with van der Waals surface area (Å²) in [6.45, 7) is 7.47. The zero-order valence-electron chi connectivity index (χ0n) is 19.4. The minimum absolute atomic E-state index is 0.180. The first-order valence-corrected chi connectivity index (χ1v) is 11.6. The lowest BCUT2D eigenvalue weighted by molar-refractivity contribution is -0.284. The second-order valence-corrected chi connectivity index (χ2v) is 8.28. The molecule has 0 saturated carbocycles. The number of halogens is 10. The molecule has 208 valence electrons. The Morgan fingerprint density at radius 2 is 0.943 bits per heavy atom. The van der Waals surface area contributed by atoms with Crippen molar-refractivity contribution in [2.75, 3.05) is 19.8 Å². The number of hydrogen-bond acceptors (Lipinski definition) is 2. The predicted octanol–water partition coefficient (Wildman–Crippen LogP) is 8.73. The summed E-state index contributed by atoms with van der Waals surface area (Å²) in [6.07, 6.45) is -11.1. The third-order valence-electron chi connectivity index (χ3n) is 5.17. The summed E-state index contributed by atoms with van der Waals surface area (Å²) in [5, 5.41) is 0. The van der Waals surface area contributed by atoms with Crippen LogP contribution in [0.1, 0.15) is 83.5 Å². The fraction of sp³-hybridized carbons (Fsp3) is 0.955. The van der Waals surface area contributed by atoms with E-state index in [4.69, 9.17) is 16.0 Å². The van der Waals surface area contributed by atoms with Crippen molar-refractivity contribution in [3.63, 3.8) is 0 Å². The molecule has 0 bridgehead atoms. The maximum absolute atomic E-state index is 12.8. The highest BCUT2D eigenvalue weighted by Gasteiger charge is 2.57. The molecule has 0 aromatic rings. The van der Waals surface area contributed by atoms with E-state index in [1.165, 1.54) is 0 Å². The third kappa shape index (κ3) is 15.4. The average molecular weight is 533 g/mol. The van der Waals surface area contributed by atoms with E-state index in [1.54, 1.807) is 0 Å². The van der Waals surface area contributed by atoms with Crippen molar-refractivity contribution in [2.24, 2.45) is 0 Å². The summed E-state index contributed by atoms with van der Waals surface area (Å²) in [7, 11) is 0. The van der Waals surface area contributed by atoms with Crippen LogP contribution in [-0.2, 0) is 9.47 Å². The van der Waals surface area contributed by atoms with Gasteiger partial charge in [0.25, 0.3) is 0 Å². The van der Waals surface area contributed by atoms with Gasteiger partial charge in [-0.1, -0.05) is 25.7 Å². The van der Waals surface area contributed by atoms with Gasteiger partial charge in [-0.25, -0.2) is 6.57 Å². The third-order valence-corrected chi connectivity index (χ3v) is 5.17. The highest BCUT2D eigenvalue weighted by Crippen LogP contribution is 2.40. The Kier molecular flexibility index (Phi) is 15.8. The van der Waals surface area contributed by atoms with E-state index >= 15 is 0 Å². The second-order valence-electron chi connectivity index (χ2n) is 8.28. The Hall–Kier alpha value is -1.29. The van der Waals surface area contributed by atoms with E-state index in [9.17, 15) is 43.9 Å². The van der Waals surface area contributed by atoms with Crippen LogP contribution < -0.4 is 0 Å². The minimum Gasteiger partial charge on any atom is -0.353 e. The van der Waals surface area contributed by atoms with Crippen LogP contribution in [0.2, 0.25) is 0 Å². The van der Waals surface area contributed by atoms with Crippen molar-refractivity contribution < 1.29 is 53.4 Å². The molecule has 0 spiro atoms. The van der Waals surface area contributed by atoms with Crippen LogP contribution in [0.15, 0.2) is 0 Å². The standard InChI is InChI=1S/C22H33F10NO2/c1-33-15-9-6-12-18(34-16-10-4-2-7-13-19(23,24)21(27,28)29)35-17-11-5-3-8-14-20(25,26)22(30,31)32/h18H,2-17H2. The fourth-order valence-corrected chi connectivity index (χ4v) is 3.03. The van der Waals surface area contributed by atoms with Gasteiger partial charge in [-0.2, -0.15) is 43.9 Å². The lowest BCUT2D eigenvalue weighted by atomic mass is 10.1. The number of ether oxygens (including phenoxy) is 2. The number of alkyl halides is 10. The summed E-state index contributed by atoms with van der Waals surface area (Å²) < 4.78 is 135. The van der Waals surface area contributed by atoms with Crippen LogP contribution in [0.25, 0.3) is 4.85 Å². The molecule has 0 atom stereocenters. The Morgan fingerprint density at radius 1 is 0.543 bits per heavy atom. The van der Waals surface area contributed by atoms with E-state index in [0.717, 1.165) is 0 Å². The average Bonchev–Trinajstić information content (AvgIpc) is 2.72. The molecule has 0 aromatic heterocycles. The summed E-state index contributed by atoms with van der Waals surface area (Å²) in [5.74, 6) is -9.40. The molecule has 0 aliphatic heterocycles. The zero-order valence-corrected chi connectivity index (χ0v) is 19.4. The Balaban J connectivity index is 4.11. The monoisotopic (exact) mass is 533 g/mol. The van der Waals surface area contributed by atoms with Crippen molar-refractivity contribution in [3.05, 3.63) is 11.4 Å². The Labute approximate surface area is 199 Å². The van der Waals surface area contributed by atoms with Crippen LogP contribution >= 0.6 is 0 Å². The van der Waals surface area contributed by atoms with Gasteiger partial charge in [0.05, 0.1) is 0 Å². The van der Waals surface area contributed by atoms with E-state index < -0.39 is 43.3 Å². The minimum atomic E-state index is -5.55. The first kappa shape index (κ1) is 33.7. The van der Waals surface area contributed by atoms with E-state index in [-0.39, 0.29) is 38.9 Å². The lowest BCUT2D eigenvalue weighted by Crippen LogP contribution is -2.36. The summed E-state index contributed by atoms with van der Waals surface area (Å²) in [6, 6.07) is 0. The number of hydrogen-bond donors (Lipinski definition) is 0. The molecule has 0 radical (unpaired) electrons. The number of unbranched alkanes of at least 4 members (excludes halogenated alkanes) is 7. The fourth-order valence-electron chi connectivity index (χ4n) is 3.03. The molecule has 3 nitrogen and oxygen atoms in total. The first-order chi connectivity index (χ1) is 16.1. The predicted molar refractivity (Wildman–Crippen MR) is 109 cm³/mol. The van der Waals surface area contributed by atoms with Crippen LogP contribution in [0, 0.1) is 6.57 Å². The molecule has 0 amide bonds. The molecule has 0 N–H and O–H groups in total. The Bertz CT molecular complexity index is 548. The van der Waals surface area contributed by atoms with E-state index in [2.05, 4.69) is 4.85 Å². The topological polar surface area (TPSA) is 22.8 Å². The van der Waals surface area contributed by atoms with Crippen LogP contribution in [0.4, 0.5) is 43.9 Å². The largest absolute Gasteiger partial charge is 0.453 e. The molecule has 0 aliphatic carbocycles. The summed E-state index contributed by atoms with van der Waals surface area (Å²) in [4.78, 5) is 3.23. The molecule has 35 heavy (non-hydrogen) atoms. The molecule has 0 unspecified atom stereocenters. The summed E-state index contributed by atoms with van der Waals surface area (Å²) >= 11 is 0. The van der Waals surface area contributed by atoms with Crippen molar-refractivity contribution in [3.8, 4) is 0 Å². The van der Waals surface area contributed by atoms with Crippen LogP contribution in [0.3, 0.4) is 0 Å². The zero-order chi connectivity index (χ0) is 27.0. The number of nitrogens with zero attached hydrogens (tertiary/aromatic N) is 1. The quantitative estimate of drug-likeness (QED) is 0.0676. The van der Waals surface area contributed by atoms with Gasteiger partial charge < -0.3 is 14.3 Å². The lowest BCUT2D eigenvalue weighted by Gasteiger charge is -2.20. The first-order valence-electron chi connectivity index (χ1n) is 11.6. The molecule has 0 heterocycles. The maximum atomic E-state index is 12.8. The number of rotatable bonds is 20. The van der Waals surface area contributed by atoms with Gasteiger partial charge in [0.15, 0.2) is 6.29 Å². The van der Waals surface area contributed by atoms with Gasteiger partial charge in [-0.3, -0.25) is 0 Å².